The molecule has 4 nitrogen and oxygen atoms in total. The lowest BCUT2D eigenvalue weighted by Gasteiger charge is -2.06. The second-order valence-electron chi connectivity index (χ2n) is 6.05. The van der Waals surface area contributed by atoms with Crippen molar-refractivity contribution in [3.05, 3.63) is 93.6 Å². The monoisotopic (exact) mass is 376 g/mol. The summed E-state index contributed by atoms with van der Waals surface area (Å²) in [5, 5.41) is 9.82. The molecule has 4 aromatic rings. The van der Waals surface area contributed by atoms with E-state index in [0.29, 0.717) is 21.8 Å². The maximum absolute atomic E-state index is 12.3. The zero-order valence-corrected chi connectivity index (χ0v) is 14.7. The lowest BCUT2D eigenvalue weighted by atomic mass is 10.0. The van der Waals surface area contributed by atoms with Crippen molar-refractivity contribution in [2.45, 2.75) is 0 Å². The zero-order chi connectivity index (χ0) is 19.0. The van der Waals surface area contributed by atoms with Crippen molar-refractivity contribution in [2.75, 3.05) is 0 Å². The summed E-state index contributed by atoms with van der Waals surface area (Å²) in [6.45, 7) is 0. The summed E-state index contributed by atoms with van der Waals surface area (Å²) in [7, 11) is 0. The first-order valence-corrected chi connectivity index (χ1v) is 8.57. The number of hydrogen-bond acceptors (Lipinski definition) is 3. The Morgan fingerprint density at radius 3 is 2.07 bits per heavy atom. The predicted octanol–water partition coefficient (Wildman–Crippen LogP) is 5.48. The van der Waals surface area contributed by atoms with Gasteiger partial charge in [-0.3, -0.25) is 4.79 Å². The molecule has 3 aromatic carbocycles. The van der Waals surface area contributed by atoms with Crippen molar-refractivity contribution in [3.8, 4) is 22.5 Å². The third kappa shape index (κ3) is 3.23. The molecule has 0 aliphatic heterocycles. The first-order valence-electron chi connectivity index (χ1n) is 8.19. The van der Waals surface area contributed by atoms with Gasteiger partial charge in [0.15, 0.2) is 11.0 Å². The molecule has 0 radical (unpaired) electrons. The predicted molar refractivity (Wildman–Crippen MR) is 105 cm³/mol. The summed E-state index contributed by atoms with van der Waals surface area (Å²) in [6.07, 6.45) is 0. The normalized spacial score (nSPS) is 10.9. The van der Waals surface area contributed by atoms with Crippen LogP contribution in [-0.4, -0.2) is 11.1 Å². The Morgan fingerprint density at radius 2 is 1.44 bits per heavy atom. The standard InChI is InChI=1S/C22H13ClO4/c23-18-3-1-2-17-19(24)12-20(27-21(17)18)15-8-4-13(5-9-15)14-6-10-16(11-7-14)22(25)26/h1-12H,(H,25,26). The van der Waals surface area contributed by atoms with Crippen LogP contribution in [0.3, 0.4) is 0 Å². The molecule has 0 saturated heterocycles. The summed E-state index contributed by atoms with van der Waals surface area (Å²) in [5.41, 5.74) is 3.04. The van der Waals surface area contributed by atoms with E-state index < -0.39 is 5.97 Å². The summed E-state index contributed by atoms with van der Waals surface area (Å²) in [5.74, 6) is -0.518. The molecular weight excluding hydrogens is 364 g/mol. The number of aromatic carboxylic acids is 1. The van der Waals surface area contributed by atoms with E-state index in [1.54, 1.807) is 42.5 Å². The molecular formula is C22H13ClO4. The van der Waals surface area contributed by atoms with E-state index in [2.05, 4.69) is 0 Å². The molecule has 4 rings (SSSR count). The van der Waals surface area contributed by atoms with Gasteiger partial charge in [0, 0.05) is 11.6 Å². The van der Waals surface area contributed by atoms with Crippen molar-refractivity contribution < 1.29 is 14.3 Å². The van der Waals surface area contributed by atoms with E-state index in [1.807, 2.05) is 24.3 Å². The van der Waals surface area contributed by atoms with Crippen LogP contribution in [0.4, 0.5) is 0 Å². The highest BCUT2D eigenvalue weighted by atomic mass is 35.5. The first-order chi connectivity index (χ1) is 13.0. The molecule has 5 heteroatoms. The lowest BCUT2D eigenvalue weighted by Crippen LogP contribution is -2.00. The van der Waals surface area contributed by atoms with E-state index in [9.17, 15) is 9.59 Å². The van der Waals surface area contributed by atoms with Gasteiger partial charge in [0.05, 0.1) is 16.0 Å². The van der Waals surface area contributed by atoms with E-state index in [0.717, 1.165) is 16.7 Å². The maximum Gasteiger partial charge on any atom is 0.335 e. The van der Waals surface area contributed by atoms with Gasteiger partial charge in [0.1, 0.15) is 5.76 Å². The highest BCUT2D eigenvalue weighted by Crippen LogP contribution is 2.28. The highest BCUT2D eigenvalue weighted by molar-refractivity contribution is 6.34. The molecule has 0 amide bonds. The van der Waals surface area contributed by atoms with Gasteiger partial charge in [-0.15, -0.1) is 0 Å². The number of carboxylic acid groups (broad SMARTS) is 1. The van der Waals surface area contributed by atoms with E-state index in [-0.39, 0.29) is 11.0 Å². The molecule has 0 saturated carbocycles. The number of halogens is 1. The zero-order valence-electron chi connectivity index (χ0n) is 14.0. The van der Waals surface area contributed by atoms with Crippen LogP contribution >= 0.6 is 11.6 Å². The van der Waals surface area contributed by atoms with Crippen molar-refractivity contribution in [1.82, 2.24) is 0 Å². The van der Waals surface area contributed by atoms with Crippen LogP contribution in [-0.2, 0) is 0 Å². The number of hydrogen-bond donors (Lipinski definition) is 1. The van der Waals surface area contributed by atoms with Crippen LogP contribution in [0.25, 0.3) is 33.4 Å². The van der Waals surface area contributed by atoms with E-state index in [4.69, 9.17) is 21.1 Å². The maximum atomic E-state index is 12.3. The van der Waals surface area contributed by atoms with Gasteiger partial charge in [-0.2, -0.15) is 0 Å². The minimum absolute atomic E-state index is 0.151. The number of rotatable bonds is 3. The average molecular weight is 377 g/mol. The van der Waals surface area contributed by atoms with Gasteiger partial charge < -0.3 is 9.52 Å². The van der Waals surface area contributed by atoms with Crippen LogP contribution in [0.5, 0.6) is 0 Å². The van der Waals surface area contributed by atoms with Gasteiger partial charge in [0.2, 0.25) is 0 Å². The van der Waals surface area contributed by atoms with Gasteiger partial charge in [-0.05, 0) is 35.4 Å². The molecule has 0 aliphatic rings. The SMILES string of the molecule is O=C(O)c1ccc(-c2ccc(-c3cc(=O)c4cccc(Cl)c4o3)cc2)cc1. The third-order valence-electron chi connectivity index (χ3n) is 4.34. The largest absolute Gasteiger partial charge is 0.478 e. The Kier molecular flexibility index (Phi) is 4.26. The van der Waals surface area contributed by atoms with Crippen LogP contribution < -0.4 is 5.43 Å². The number of fused-ring (bicyclic) bond motifs is 1. The Morgan fingerprint density at radius 1 is 0.852 bits per heavy atom. The van der Waals surface area contributed by atoms with Crippen LogP contribution in [0, 0.1) is 0 Å². The van der Waals surface area contributed by atoms with Crippen LogP contribution in [0.1, 0.15) is 10.4 Å². The highest BCUT2D eigenvalue weighted by Gasteiger charge is 2.10. The van der Waals surface area contributed by atoms with Gasteiger partial charge in [-0.1, -0.05) is 54.1 Å². The number of carbonyl (C=O) groups is 1. The van der Waals surface area contributed by atoms with E-state index >= 15 is 0 Å². The topological polar surface area (TPSA) is 67.5 Å². The fourth-order valence-electron chi connectivity index (χ4n) is 2.92. The molecule has 0 fully saturated rings. The molecule has 27 heavy (non-hydrogen) atoms. The summed E-state index contributed by atoms with van der Waals surface area (Å²) >= 11 is 6.15. The first kappa shape index (κ1) is 17.1. The van der Waals surface area contributed by atoms with Gasteiger partial charge in [0.25, 0.3) is 0 Å². The molecule has 1 heterocycles. The minimum atomic E-state index is -0.957. The second kappa shape index (κ2) is 6.74. The quantitative estimate of drug-likeness (QED) is 0.514. The van der Waals surface area contributed by atoms with Gasteiger partial charge >= 0.3 is 5.97 Å². The van der Waals surface area contributed by atoms with E-state index in [1.165, 1.54) is 6.07 Å². The lowest BCUT2D eigenvalue weighted by molar-refractivity contribution is 0.0697. The third-order valence-corrected chi connectivity index (χ3v) is 4.64. The molecule has 0 spiro atoms. The molecule has 1 aromatic heterocycles. The molecule has 0 aliphatic carbocycles. The number of carboxylic acids is 1. The summed E-state index contributed by atoms with van der Waals surface area (Å²) in [6, 6.07) is 20.7. The van der Waals surface area contributed by atoms with Crippen molar-refractivity contribution >= 4 is 28.5 Å². The summed E-state index contributed by atoms with van der Waals surface area (Å²) in [4.78, 5) is 23.3. The van der Waals surface area contributed by atoms with Crippen molar-refractivity contribution in [1.29, 1.82) is 0 Å². The smallest absolute Gasteiger partial charge is 0.335 e. The van der Waals surface area contributed by atoms with Crippen molar-refractivity contribution in [2.24, 2.45) is 0 Å². The molecule has 132 valence electrons. The van der Waals surface area contributed by atoms with Crippen LogP contribution in [0.2, 0.25) is 5.02 Å². The Hall–Kier alpha value is -3.37. The van der Waals surface area contributed by atoms with Crippen LogP contribution in [0.15, 0.2) is 82.0 Å². The molecule has 0 bridgehead atoms. The van der Waals surface area contributed by atoms with Crippen molar-refractivity contribution in [3.63, 3.8) is 0 Å². The molecule has 1 N–H and O–H groups in total. The average Bonchev–Trinajstić information content (AvgIpc) is 2.69. The fraction of sp³-hybridized carbons (Fsp3) is 0. The molecule has 0 atom stereocenters. The second-order valence-corrected chi connectivity index (χ2v) is 6.46. The Balaban J connectivity index is 1.72. The molecule has 0 unspecified atom stereocenters. The minimum Gasteiger partial charge on any atom is -0.478 e. The Labute approximate surface area is 159 Å². The Bertz CT molecular complexity index is 1210. The van der Waals surface area contributed by atoms with Gasteiger partial charge in [-0.25, -0.2) is 4.79 Å². The fourth-order valence-corrected chi connectivity index (χ4v) is 3.13. The number of benzene rings is 3. The summed E-state index contributed by atoms with van der Waals surface area (Å²) < 4.78 is 5.85. The number of para-hydroxylation sites is 1.